The average molecular weight is 307 g/mol. The van der Waals surface area contributed by atoms with Gasteiger partial charge >= 0.3 is 0 Å². The number of H-pyrrole nitrogens is 1. The minimum absolute atomic E-state index is 0.275. The maximum atomic E-state index is 6.24. The molecule has 21 heavy (non-hydrogen) atoms. The van der Waals surface area contributed by atoms with Crippen molar-refractivity contribution in [3.63, 3.8) is 0 Å². The fraction of sp³-hybridized carbons (Fsp3) is 0.500. The highest BCUT2D eigenvalue weighted by Gasteiger charge is 2.15. The summed E-state index contributed by atoms with van der Waals surface area (Å²) in [6.07, 6.45) is 6.94. The number of halogens is 1. The van der Waals surface area contributed by atoms with Crippen LogP contribution in [-0.4, -0.2) is 26.9 Å². The lowest BCUT2D eigenvalue weighted by Gasteiger charge is -2.24. The van der Waals surface area contributed by atoms with Gasteiger partial charge in [0.25, 0.3) is 0 Å². The molecular weight excluding hydrogens is 284 g/mol. The van der Waals surface area contributed by atoms with E-state index in [1.807, 2.05) is 12.3 Å². The standard InChI is InChI=1S/C16H23ClN4/c1-4-5-8-15-19-14(16(17)20-15)11-21(3)12(2)13-7-6-9-18-10-13/h6-7,9-10,12H,4-5,8,11H2,1-3H3,(H,19,20)/t12-/m0/s1. The molecule has 2 rings (SSSR count). The Hall–Kier alpha value is -1.39. The van der Waals surface area contributed by atoms with Crippen LogP contribution in [0, 0.1) is 0 Å². The van der Waals surface area contributed by atoms with Gasteiger partial charge in [0.2, 0.25) is 0 Å². The molecule has 1 N–H and O–H groups in total. The van der Waals surface area contributed by atoms with E-state index in [1.54, 1.807) is 6.20 Å². The summed E-state index contributed by atoms with van der Waals surface area (Å²) in [5.41, 5.74) is 2.18. The molecule has 5 heteroatoms. The van der Waals surface area contributed by atoms with Crippen LogP contribution in [0.1, 0.15) is 49.8 Å². The highest BCUT2D eigenvalue weighted by molar-refractivity contribution is 6.30. The number of aromatic nitrogens is 3. The lowest BCUT2D eigenvalue weighted by Crippen LogP contribution is -2.22. The Labute approximate surface area is 131 Å². The quantitative estimate of drug-likeness (QED) is 0.841. The van der Waals surface area contributed by atoms with Crippen LogP contribution in [0.25, 0.3) is 0 Å². The zero-order valence-corrected chi connectivity index (χ0v) is 13.7. The van der Waals surface area contributed by atoms with Gasteiger partial charge in [-0.2, -0.15) is 0 Å². The maximum absolute atomic E-state index is 6.24. The molecule has 0 radical (unpaired) electrons. The van der Waals surface area contributed by atoms with Crippen molar-refractivity contribution in [2.24, 2.45) is 0 Å². The number of nitrogens with zero attached hydrogens (tertiary/aromatic N) is 3. The molecule has 0 bridgehead atoms. The second-order valence-electron chi connectivity index (χ2n) is 5.43. The monoisotopic (exact) mass is 306 g/mol. The zero-order valence-electron chi connectivity index (χ0n) is 12.9. The number of pyridine rings is 1. The first-order chi connectivity index (χ1) is 10.1. The van der Waals surface area contributed by atoms with Crippen LogP contribution < -0.4 is 0 Å². The van der Waals surface area contributed by atoms with Crippen LogP contribution in [0.2, 0.25) is 5.15 Å². The van der Waals surface area contributed by atoms with Crippen LogP contribution in [0.3, 0.4) is 0 Å². The molecule has 0 amide bonds. The van der Waals surface area contributed by atoms with E-state index >= 15 is 0 Å². The number of imidazole rings is 1. The molecule has 0 aromatic carbocycles. The summed E-state index contributed by atoms with van der Waals surface area (Å²) in [4.78, 5) is 14.2. The molecule has 2 aromatic heterocycles. The molecule has 0 aliphatic rings. The lowest BCUT2D eigenvalue weighted by molar-refractivity contribution is 0.250. The second-order valence-corrected chi connectivity index (χ2v) is 5.79. The fourth-order valence-electron chi connectivity index (χ4n) is 2.27. The lowest BCUT2D eigenvalue weighted by atomic mass is 10.1. The molecule has 114 valence electrons. The Bertz CT molecular complexity index is 553. The van der Waals surface area contributed by atoms with Crippen molar-refractivity contribution < 1.29 is 0 Å². The van der Waals surface area contributed by atoms with Gasteiger partial charge in [0.1, 0.15) is 5.82 Å². The van der Waals surface area contributed by atoms with E-state index in [0.29, 0.717) is 5.15 Å². The van der Waals surface area contributed by atoms with Gasteiger partial charge in [-0.15, -0.1) is 0 Å². The predicted molar refractivity (Wildman–Crippen MR) is 86.3 cm³/mol. The molecule has 2 heterocycles. The van der Waals surface area contributed by atoms with Crippen LogP contribution in [0.15, 0.2) is 24.5 Å². The third-order valence-electron chi connectivity index (χ3n) is 3.78. The van der Waals surface area contributed by atoms with Gasteiger partial charge in [-0.3, -0.25) is 9.88 Å². The second kappa shape index (κ2) is 7.57. The van der Waals surface area contributed by atoms with Gasteiger partial charge in [0, 0.05) is 31.4 Å². The normalized spacial score (nSPS) is 12.8. The first kappa shape index (κ1) is 16.0. The summed E-state index contributed by atoms with van der Waals surface area (Å²) in [7, 11) is 2.08. The predicted octanol–water partition coefficient (Wildman–Crippen LogP) is 3.99. The van der Waals surface area contributed by atoms with E-state index in [4.69, 9.17) is 11.6 Å². The van der Waals surface area contributed by atoms with Crippen LogP contribution >= 0.6 is 11.6 Å². The van der Waals surface area contributed by atoms with Gasteiger partial charge in [-0.25, -0.2) is 4.98 Å². The van der Waals surface area contributed by atoms with Crippen molar-refractivity contribution in [1.29, 1.82) is 0 Å². The highest BCUT2D eigenvalue weighted by Crippen LogP contribution is 2.22. The van der Waals surface area contributed by atoms with Crippen molar-refractivity contribution in [2.45, 2.75) is 45.7 Å². The fourth-order valence-corrected chi connectivity index (χ4v) is 2.48. The largest absolute Gasteiger partial charge is 0.344 e. The molecule has 4 nitrogen and oxygen atoms in total. The molecule has 0 aliphatic carbocycles. The summed E-state index contributed by atoms with van der Waals surface area (Å²) in [5.74, 6) is 0.985. The van der Waals surface area contributed by atoms with E-state index in [2.05, 4.69) is 46.8 Å². The topological polar surface area (TPSA) is 44.8 Å². The van der Waals surface area contributed by atoms with Crippen LogP contribution in [0.5, 0.6) is 0 Å². The van der Waals surface area contributed by atoms with Crippen LogP contribution in [-0.2, 0) is 13.0 Å². The number of rotatable bonds is 7. The van der Waals surface area contributed by atoms with Gasteiger partial charge < -0.3 is 4.98 Å². The summed E-state index contributed by atoms with van der Waals surface area (Å²) < 4.78 is 0. The van der Waals surface area contributed by atoms with Gasteiger partial charge in [0.05, 0.1) is 5.69 Å². The molecule has 1 atom stereocenters. The van der Waals surface area contributed by atoms with Gasteiger partial charge in [-0.1, -0.05) is 31.0 Å². The van der Waals surface area contributed by atoms with Gasteiger partial charge in [-0.05, 0) is 32.0 Å². The van der Waals surface area contributed by atoms with Crippen molar-refractivity contribution in [3.05, 3.63) is 46.8 Å². The number of aryl methyl sites for hydroxylation is 1. The van der Waals surface area contributed by atoms with E-state index in [9.17, 15) is 0 Å². The Balaban J connectivity index is 2.02. The Morgan fingerprint density at radius 2 is 2.24 bits per heavy atom. The number of aromatic amines is 1. The number of hydrogen-bond donors (Lipinski definition) is 1. The zero-order chi connectivity index (χ0) is 15.2. The number of hydrogen-bond acceptors (Lipinski definition) is 3. The van der Waals surface area contributed by atoms with E-state index in [-0.39, 0.29) is 6.04 Å². The van der Waals surface area contributed by atoms with Crippen molar-refractivity contribution in [1.82, 2.24) is 19.9 Å². The first-order valence-electron chi connectivity index (χ1n) is 7.45. The third-order valence-corrected chi connectivity index (χ3v) is 4.09. The van der Waals surface area contributed by atoms with Crippen molar-refractivity contribution in [3.8, 4) is 0 Å². The summed E-state index contributed by atoms with van der Waals surface area (Å²) in [6, 6.07) is 4.33. The molecular formula is C16H23ClN4. The van der Waals surface area contributed by atoms with Crippen molar-refractivity contribution >= 4 is 11.6 Å². The maximum Gasteiger partial charge on any atom is 0.151 e. The summed E-state index contributed by atoms with van der Waals surface area (Å²) in [5, 5.41) is 0.589. The summed E-state index contributed by atoms with van der Waals surface area (Å²) in [6.45, 7) is 5.09. The molecule has 0 saturated carbocycles. The Morgan fingerprint density at radius 1 is 1.43 bits per heavy atom. The molecule has 2 aromatic rings. The smallest absolute Gasteiger partial charge is 0.151 e. The molecule has 0 saturated heterocycles. The Kier molecular flexibility index (Phi) is 5.76. The third kappa shape index (κ3) is 4.29. The van der Waals surface area contributed by atoms with E-state index < -0.39 is 0 Å². The molecule has 0 unspecified atom stereocenters. The number of unbranched alkanes of at least 4 members (excludes halogenated alkanes) is 1. The minimum atomic E-state index is 0.275. The first-order valence-corrected chi connectivity index (χ1v) is 7.83. The van der Waals surface area contributed by atoms with Crippen LogP contribution in [0.4, 0.5) is 0 Å². The van der Waals surface area contributed by atoms with E-state index in [0.717, 1.165) is 37.3 Å². The molecule has 0 spiro atoms. The van der Waals surface area contributed by atoms with Crippen molar-refractivity contribution in [2.75, 3.05) is 7.05 Å². The highest BCUT2D eigenvalue weighted by atomic mass is 35.5. The molecule has 0 aliphatic heterocycles. The van der Waals surface area contributed by atoms with E-state index in [1.165, 1.54) is 5.56 Å². The molecule has 0 fully saturated rings. The SMILES string of the molecule is CCCCc1nc(Cl)c(CN(C)[C@@H](C)c2cccnc2)[nH]1. The average Bonchev–Trinajstić information content (AvgIpc) is 2.85. The Morgan fingerprint density at radius 3 is 2.90 bits per heavy atom. The summed E-state index contributed by atoms with van der Waals surface area (Å²) >= 11 is 6.24. The minimum Gasteiger partial charge on any atom is -0.344 e. The van der Waals surface area contributed by atoms with Gasteiger partial charge in [0.15, 0.2) is 5.15 Å². The number of nitrogens with one attached hydrogen (secondary N) is 1.